The van der Waals surface area contributed by atoms with Gasteiger partial charge in [0.1, 0.15) is 0 Å². The van der Waals surface area contributed by atoms with Crippen molar-refractivity contribution in [2.45, 2.75) is 38.9 Å². The van der Waals surface area contributed by atoms with Crippen LogP contribution >= 0.6 is 11.6 Å². The Kier molecular flexibility index (Phi) is 4.91. The highest BCUT2D eigenvalue weighted by Crippen LogP contribution is 2.38. The van der Waals surface area contributed by atoms with Crippen LogP contribution in [0.15, 0.2) is 18.2 Å². The lowest BCUT2D eigenvalue weighted by Gasteiger charge is -2.30. The smallest absolute Gasteiger partial charge is 0.369 e. The Morgan fingerprint density at radius 2 is 1.89 bits per heavy atom. The topological polar surface area (TPSA) is 3.24 Å². The van der Waals surface area contributed by atoms with Gasteiger partial charge in [-0.25, -0.2) is 0 Å². The van der Waals surface area contributed by atoms with E-state index in [0.29, 0.717) is 12.1 Å². The first-order valence-electron chi connectivity index (χ1n) is 5.84. The highest BCUT2D eigenvalue weighted by Gasteiger charge is 2.35. The van der Waals surface area contributed by atoms with Crippen molar-refractivity contribution in [2.75, 3.05) is 11.4 Å². The minimum atomic E-state index is -4.36. The third-order valence-corrected chi connectivity index (χ3v) is 3.10. The van der Waals surface area contributed by atoms with E-state index in [1.807, 2.05) is 20.8 Å². The van der Waals surface area contributed by atoms with E-state index < -0.39 is 11.7 Å². The van der Waals surface area contributed by atoms with Gasteiger partial charge in [0, 0.05) is 24.2 Å². The molecule has 0 heterocycles. The van der Waals surface area contributed by atoms with Gasteiger partial charge >= 0.3 is 6.18 Å². The minimum Gasteiger partial charge on any atom is -0.369 e. The van der Waals surface area contributed by atoms with Gasteiger partial charge < -0.3 is 4.90 Å². The second kappa shape index (κ2) is 5.83. The highest BCUT2D eigenvalue weighted by molar-refractivity contribution is 6.17. The van der Waals surface area contributed by atoms with Crippen molar-refractivity contribution in [1.29, 1.82) is 0 Å². The maximum absolute atomic E-state index is 13.1. The Morgan fingerprint density at radius 1 is 1.28 bits per heavy atom. The highest BCUT2D eigenvalue weighted by atomic mass is 35.5. The zero-order valence-electron chi connectivity index (χ0n) is 10.7. The molecule has 5 heteroatoms. The molecule has 1 aromatic rings. The maximum Gasteiger partial charge on any atom is 0.418 e. The van der Waals surface area contributed by atoms with E-state index in [1.54, 1.807) is 11.0 Å². The predicted molar refractivity (Wildman–Crippen MR) is 69.2 cm³/mol. The van der Waals surface area contributed by atoms with E-state index in [1.165, 1.54) is 6.07 Å². The van der Waals surface area contributed by atoms with Crippen LogP contribution in [-0.2, 0) is 12.1 Å². The van der Waals surface area contributed by atoms with Gasteiger partial charge in [0.25, 0.3) is 0 Å². The van der Waals surface area contributed by atoms with Crippen molar-refractivity contribution in [3.63, 3.8) is 0 Å². The lowest BCUT2D eigenvalue weighted by Crippen LogP contribution is -2.32. The van der Waals surface area contributed by atoms with Crippen LogP contribution in [0.3, 0.4) is 0 Å². The van der Waals surface area contributed by atoms with E-state index >= 15 is 0 Å². The number of benzene rings is 1. The van der Waals surface area contributed by atoms with Crippen LogP contribution in [0.5, 0.6) is 0 Å². The maximum atomic E-state index is 13.1. The first-order valence-corrected chi connectivity index (χ1v) is 6.37. The molecule has 1 aromatic carbocycles. The molecule has 0 radical (unpaired) electrons. The average molecular weight is 280 g/mol. The molecule has 0 aliphatic rings. The Hall–Kier alpha value is -0.900. The summed E-state index contributed by atoms with van der Waals surface area (Å²) in [5.41, 5.74) is 0.0811. The fourth-order valence-corrected chi connectivity index (χ4v) is 2.12. The molecule has 102 valence electrons. The Labute approximate surface area is 111 Å². The average Bonchev–Trinajstić information content (AvgIpc) is 2.28. The van der Waals surface area contributed by atoms with Gasteiger partial charge in [-0.15, -0.1) is 11.6 Å². The molecule has 0 saturated heterocycles. The fraction of sp³-hybridized carbons (Fsp3) is 0.538. The van der Waals surface area contributed by atoms with Crippen molar-refractivity contribution in [2.24, 2.45) is 0 Å². The summed E-state index contributed by atoms with van der Waals surface area (Å²) in [7, 11) is 0. The van der Waals surface area contributed by atoms with Gasteiger partial charge in [0.2, 0.25) is 0 Å². The summed E-state index contributed by atoms with van der Waals surface area (Å²) in [5, 5.41) is 0. The summed E-state index contributed by atoms with van der Waals surface area (Å²) >= 11 is 5.60. The molecular formula is C13H17ClF3N. The second-order valence-corrected chi connectivity index (χ2v) is 4.63. The van der Waals surface area contributed by atoms with Gasteiger partial charge in [-0.2, -0.15) is 13.2 Å². The molecule has 0 aliphatic heterocycles. The molecule has 18 heavy (non-hydrogen) atoms. The van der Waals surface area contributed by atoms with Gasteiger partial charge in [-0.3, -0.25) is 0 Å². The molecule has 0 saturated carbocycles. The third-order valence-electron chi connectivity index (χ3n) is 2.79. The van der Waals surface area contributed by atoms with Crippen LogP contribution < -0.4 is 4.90 Å². The summed E-state index contributed by atoms with van der Waals surface area (Å²) in [4.78, 5) is 1.72. The van der Waals surface area contributed by atoms with Crippen molar-refractivity contribution < 1.29 is 13.2 Å². The van der Waals surface area contributed by atoms with Crippen molar-refractivity contribution in [1.82, 2.24) is 0 Å². The zero-order valence-corrected chi connectivity index (χ0v) is 11.4. The molecular weight excluding hydrogens is 263 g/mol. The molecule has 0 amide bonds. The number of hydrogen-bond acceptors (Lipinski definition) is 1. The van der Waals surface area contributed by atoms with Crippen molar-refractivity contribution in [3.8, 4) is 0 Å². The molecule has 0 aliphatic carbocycles. The van der Waals surface area contributed by atoms with Crippen LogP contribution in [0, 0.1) is 0 Å². The molecule has 0 unspecified atom stereocenters. The van der Waals surface area contributed by atoms with Gasteiger partial charge in [-0.05, 0) is 38.5 Å². The summed E-state index contributed by atoms with van der Waals surface area (Å²) < 4.78 is 39.2. The molecule has 0 aromatic heterocycles. The summed E-state index contributed by atoms with van der Waals surface area (Å²) in [6, 6.07) is 4.29. The van der Waals surface area contributed by atoms with Crippen LogP contribution in [0.2, 0.25) is 0 Å². The van der Waals surface area contributed by atoms with Gasteiger partial charge in [-0.1, -0.05) is 6.07 Å². The molecule has 1 rings (SSSR count). The number of alkyl halides is 4. The van der Waals surface area contributed by atoms with Crippen LogP contribution in [0.25, 0.3) is 0 Å². The van der Waals surface area contributed by atoms with Gasteiger partial charge in [0.05, 0.1) is 5.56 Å². The standard InChI is InChI=1S/C13H17ClF3N/c1-4-18(9(2)3)12-6-5-10(8-14)7-11(12)13(15,16)17/h5-7,9H,4,8H2,1-3H3. The quantitative estimate of drug-likeness (QED) is 0.724. The Bertz CT molecular complexity index is 402. The first kappa shape index (κ1) is 15.2. The van der Waals surface area contributed by atoms with E-state index in [2.05, 4.69) is 0 Å². The van der Waals surface area contributed by atoms with E-state index in [4.69, 9.17) is 11.6 Å². The molecule has 1 nitrogen and oxygen atoms in total. The molecule has 0 spiro atoms. The summed E-state index contributed by atoms with van der Waals surface area (Å²) in [6.07, 6.45) is -4.36. The normalized spacial score (nSPS) is 12.0. The van der Waals surface area contributed by atoms with Crippen LogP contribution in [0.4, 0.5) is 18.9 Å². The number of rotatable bonds is 4. The number of anilines is 1. The summed E-state index contributed by atoms with van der Waals surface area (Å²) in [6.45, 7) is 6.12. The predicted octanol–water partition coefficient (Wildman–Crippen LogP) is 4.68. The van der Waals surface area contributed by atoms with Crippen LogP contribution in [0.1, 0.15) is 31.9 Å². The molecule has 0 fully saturated rings. The third kappa shape index (κ3) is 3.31. The Balaban J connectivity index is 3.34. The SMILES string of the molecule is CCN(c1ccc(CCl)cc1C(F)(F)F)C(C)C. The number of halogens is 4. The minimum absolute atomic E-state index is 0.0120. The van der Waals surface area contributed by atoms with Crippen molar-refractivity contribution >= 4 is 17.3 Å². The zero-order chi connectivity index (χ0) is 13.9. The summed E-state index contributed by atoms with van der Waals surface area (Å²) in [5.74, 6) is 0.0805. The Morgan fingerprint density at radius 3 is 2.28 bits per heavy atom. The number of nitrogens with zero attached hydrogens (tertiary/aromatic N) is 1. The number of hydrogen-bond donors (Lipinski definition) is 0. The molecule has 0 atom stereocenters. The lowest BCUT2D eigenvalue weighted by atomic mass is 10.1. The second-order valence-electron chi connectivity index (χ2n) is 4.36. The lowest BCUT2D eigenvalue weighted by molar-refractivity contribution is -0.137. The molecule has 0 N–H and O–H groups in total. The first-order chi connectivity index (χ1) is 8.31. The monoisotopic (exact) mass is 279 g/mol. The van der Waals surface area contributed by atoms with Gasteiger partial charge in [0.15, 0.2) is 0 Å². The largest absolute Gasteiger partial charge is 0.418 e. The van der Waals surface area contributed by atoms with E-state index in [-0.39, 0.29) is 17.6 Å². The van der Waals surface area contributed by atoms with Crippen molar-refractivity contribution in [3.05, 3.63) is 29.3 Å². The van der Waals surface area contributed by atoms with E-state index in [9.17, 15) is 13.2 Å². The molecule has 0 bridgehead atoms. The van der Waals surface area contributed by atoms with E-state index in [0.717, 1.165) is 6.07 Å². The van der Waals surface area contributed by atoms with Crippen LogP contribution in [-0.4, -0.2) is 12.6 Å². The fourth-order valence-electron chi connectivity index (χ4n) is 1.96.